The van der Waals surface area contributed by atoms with Crippen LogP contribution in [-0.2, 0) is 0 Å². The molecule has 0 N–H and O–H groups in total. The second kappa shape index (κ2) is 6.60. The van der Waals surface area contributed by atoms with Crippen molar-refractivity contribution in [2.45, 2.75) is 35.5 Å². The lowest BCUT2D eigenvalue weighted by Crippen LogP contribution is -2.12. The summed E-state index contributed by atoms with van der Waals surface area (Å²) >= 11 is 2.51. The van der Waals surface area contributed by atoms with Crippen molar-refractivity contribution in [3.63, 3.8) is 0 Å². The Hall–Kier alpha value is -1.04. The number of rotatable bonds is 2. The summed E-state index contributed by atoms with van der Waals surface area (Å²) in [5.74, 6) is -3.16. The van der Waals surface area contributed by atoms with E-state index in [-0.39, 0.29) is 0 Å². The second-order valence-corrected chi connectivity index (χ2v) is 7.59. The van der Waals surface area contributed by atoms with E-state index in [0.717, 1.165) is 16.1 Å². The second-order valence-electron chi connectivity index (χ2n) is 5.82. The highest BCUT2D eigenvalue weighted by Crippen LogP contribution is 2.36. The highest BCUT2D eigenvalue weighted by Gasteiger charge is 2.20. The minimum absolute atomic E-state index is 0.360. The smallest absolute Gasteiger partial charge is 0.194 e. The van der Waals surface area contributed by atoms with Gasteiger partial charge in [0.1, 0.15) is 0 Å². The zero-order valence-corrected chi connectivity index (χ0v) is 14.1. The van der Waals surface area contributed by atoms with Crippen LogP contribution in [-0.4, -0.2) is 3.92 Å². The topological polar surface area (TPSA) is 0 Å². The zero-order valence-electron chi connectivity index (χ0n) is 12.0. The third kappa shape index (κ3) is 3.31. The molecular formula is C18H16F3I. The van der Waals surface area contributed by atoms with E-state index in [2.05, 4.69) is 22.6 Å². The standard InChI is InChI=1S/C18H16F3I/c19-16-9-14(10-17(20)18(16)21)13-3-1-11(2-4-13)12-5-7-15(22)8-6-12/h1-4,9-10,12,15H,5-8H2. The van der Waals surface area contributed by atoms with Gasteiger partial charge in [-0.1, -0.05) is 46.9 Å². The van der Waals surface area contributed by atoms with Crippen LogP contribution in [0.2, 0.25) is 0 Å². The first-order chi connectivity index (χ1) is 10.5. The lowest BCUT2D eigenvalue weighted by Gasteiger charge is -2.25. The summed E-state index contributed by atoms with van der Waals surface area (Å²) in [6.45, 7) is 0. The summed E-state index contributed by atoms with van der Waals surface area (Å²) in [4.78, 5) is 0. The van der Waals surface area contributed by atoms with Crippen LogP contribution in [0.25, 0.3) is 11.1 Å². The van der Waals surface area contributed by atoms with E-state index in [1.807, 2.05) is 24.3 Å². The number of halogens is 4. The molecule has 3 rings (SSSR count). The van der Waals surface area contributed by atoms with Gasteiger partial charge in [-0.05, 0) is 60.4 Å². The molecule has 2 aromatic carbocycles. The number of benzene rings is 2. The van der Waals surface area contributed by atoms with Crippen molar-refractivity contribution in [1.82, 2.24) is 0 Å². The van der Waals surface area contributed by atoms with Crippen LogP contribution < -0.4 is 0 Å². The van der Waals surface area contributed by atoms with E-state index in [1.54, 1.807) is 0 Å². The number of hydrogen-bond donors (Lipinski definition) is 0. The van der Waals surface area contributed by atoms with Crippen LogP contribution >= 0.6 is 22.6 Å². The summed E-state index contributed by atoms with van der Waals surface area (Å²) in [6, 6.07) is 9.83. The predicted molar refractivity (Wildman–Crippen MR) is 90.8 cm³/mol. The van der Waals surface area contributed by atoms with Gasteiger partial charge in [-0.15, -0.1) is 0 Å². The maximum Gasteiger partial charge on any atom is 0.194 e. The first-order valence-electron chi connectivity index (χ1n) is 7.43. The van der Waals surface area contributed by atoms with Gasteiger partial charge in [0.25, 0.3) is 0 Å². The molecule has 1 fully saturated rings. The Morgan fingerprint density at radius 2 is 1.32 bits per heavy atom. The summed E-state index contributed by atoms with van der Waals surface area (Å²) in [5, 5.41) is 0. The molecule has 1 saturated carbocycles. The maximum atomic E-state index is 13.3. The first-order valence-corrected chi connectivity index (χ1v) is 8.68. The molecule has 0 atom stereocenters. The largest absolute Gasteiger partial charge is 0.204 e. The minimum atomic E-state index is -1.42. The molecular weight excluding hydrogens is 400 g/mol. The molecule has 0 nitrogen and oxygen atoms in total. The molecule has 0 heterocycles. The third-order valence-electron chi connectivity index (χ3n) is 4.36. The van der Waals surface area contributed by atoms with Gasteiger partial charge in [0.2, 0.25) is 0 Å². The highest BCUT2D eigenvalue weighted by molar-refractivity contribution is 14.1. The van der Waals surface area contributed by atoms with Crippen LogP contribution in [0, 0.1) is 17.5 Å². The van der Waals surface area contributed by atoms with Crippen molar-refractivity contribution >= 4 is 22.6 Å². The average molecular weight is 416 g/mol. The van der Waals surface area contributed by atoms with Gasteiger partial charge in [0.05, 0.1) is 0 Å². The van der Waals surface area contributed by atoms with Crippen molar-refractivity contribution in [1.29, 1.82) is 0 Å². The van der Waals surface area contributed by atoms with Gasteiger partial charge in [0, 0.05) is 3.92 Å². The van der Waals surface area contributed by atoms with Gasteiger partial charge < -0.3 is 0 Å². The van der Waals surface area contributed by atoms with Crippen LogP contribution in [0.15, 0.2) is 36.4 Å². The fraction of sp³-hybridized carbons (Fsp3) is 0.333. The van der Waals surface area contributed by atoms with Crippen LogP contribution in [0.1, 0.15) is 37.2 Å². The molecule has 0 unspecified atom stereocenters. The van der Waals surface area contributed by atoms with Crippen molar-refractivity contribution in [2.24, 2.45) is 0 Å². The SMILES string of the molecule is Fc1cc(-c2ccc(C3CCC(I)CC3)cc2)cc(F)c1F. The molecule has 0 spiro atoms. The average Bonchev–Trinajstić information content (AvgIpc) is 2.53. The van der Waals surface area contributed by atoms with E-state index in [0.29, 0.717) is 17.0 Å². The lowest BCUT2D eigenvalue weighted by atomic mass is 9.83. The molecule has 0 saturated heterocycles. The normalized spacial score (nSPS) is 21.8. The highest BCUT2D eigenvalue weighted by atomic mass is 127. The summed E-state index contributed by atoms with van der Waals surface area (Å²) in [7, 11) is 0. The molecule has 0 aliphatic heterocycles. The van der Waals surface area contributed by atoms with Gasteiger partial charge in [0.15, 0.2) is 17.5 Å². The third-order valence-corrected chi connectivity index (χ3v) is 5.60. The molecule has 2 aromatic rings. The molecule has 22 heavy (non-hydrogen) atoms. The minimum Gasteiger partial charge on any atom is -0.204 e. The van der Waals surface area contributed by atoms with Crippen molar-refractivity contribution in [3.8, 4) is 11.1 Å². The quantitative estimate of drug-likeness (QED) is 0.309. The van der Waals surface area contributed by atoms with Crippen LogP contribution in [0.3, 0.4) is 0 Å². The Bertz CT molecular complexity index is 636. The molecule has 4 heteroatoms. The fourth-order valence-corrected chi connectivity index (χ4v) is 3.78. The van der Waals surface area contributed by atoms with Crippen molar-refractivity contribution in [2.75, 3.05) is 0 Å². The Kier molecular flexibility index (Phi) is 4.76. The lowest BCUT2D eigenvalue weighted by molar-refractivity contribution is 0.447. The van der Waals surface area contributed by atoms with Crippen molar-refractivity contribution < 1.29 is 13.2 Å². The molecule has 0 aromatic heterocycles. The summed E-state index contributed by atoms with van der Waals surface area (Å²) in [5.41, 5.74) is 2.33. The monoisotopic (exact) mass is 416 g/mol. The Labute approximate surface area is 141 Å². The van der Waals surface area contributed by atoms with Gasteiger partial charge in [-0.3, -0.25) is 0 Å². The van der Waals surface area contributed by atoms with E-state index < -0.39 is 17.5 Å². The van der Waals surface area contributed by atoms with E-state index in [1.165, 1.54) is 31.2 Å². The van der Waals surface area contributed by atoms with Gasteiger partial charge >= 0.3 is 0 Å². The van der Waals surface area contributed by atoms with Crippen LogP contribution in [0.5, 0.6) is 0 Å². The Balaban J connectivity index is 1.82. The van der Waals surface area contributed by atoms with Gasteiger partial charge in [-0.25, -0.2) is 13.2 Å². The molecule has 116 valence electrons. The maximum absolute atomic E-state index is 13.3. The molecule has 0 amide bonds. The number of alkyl halides is 1. The molecule has 0 radical (unpaired) electrons. The number of hydrogen-bond acceptors (Lipinski definition) is 0. The Morgan fingerprint density at radius 1 is 0.773 bits per heavy atom. The van der Waals surface area contributed by atoms with E-state index >= 15 is 0 Å². The van der Waals surface area contributed by atoms with E-state index in [4.69, 9.17) is 0 Å². The van der Waals surface area contributed by atoms with Crippen LogP contribution in [0.4, 0.5) is 13.2 Å². The van der Waals surface area contributed by atoms with Crippen molar-refractivity contribution in [3.05, 3.63) is 59.4 Å². The molecule has 1 aliphatic carbocycles. The molecule has 1 aliphatic rings. The summed E-state index contributed by atoms with van der Waals surface area (Å²) < 4.78 is 40.4. The summed E-state index contributed by atoms with van der Waals surface area (Å²) in [6.07, 6.45) is 4.85. The van der Waals surface area contributed by atoms with E-state index in [9.17, 15) is 13.2 Å². The van der Waals surface area contributed by atoms with Gasteiger partial charge in [-0.2, -0.15) is 0 Å². The zero-order chi connectivity index (χ0) is 15.7. The fourth-order valence-electron chi connectivity index (χ4n) is 3.06. The predicted octanol–water partition coefficient (Wildman–Crippen LogP) is 6.23. The Morgan fingerprint density at radius 3 is 1.86 bits per heavy atom. The first kappa shape index (κ1) is 15.8. The molecule has 0 bridgehead atoms.